The van der Waals surface area contributed by atoms with Crippen LogP contribution in [0.1, 0.15) is 25.6 Å². The van der Waals surface area contributed by atoms with Gasteiger partial charge in [0.2, 0.25) is 5.89 Å². The molecule has 0 fully saturated rings. The first-order chi connectivity index (χ1) is 9.45. The molecular formula is C12H14N4O4. The van der Waals surface area contributed by atoms with Crippen LogP contribution < -0.4 is 5.56 Å². The minimum absolute atomic E-state index is 0.0195. The summed E-state index contributed by atoms with van der Waals surface area (Å²) in [7, 11) is 0. The molecule has 20 heavy (non-hydrogen) atoms. The third kappa shape index (κ3) is 3.28. The van der Waals surface area contributed by atoms with Crippen molar-refractivity contribution in [2.24, 2.45) is 5.92 Å². The fraction of sp³-hybridized carbons (Fsp3) is 0.417. The van der Waals surface area contributed by atoms with Crippen molar-refractivity contribution in [1.29, 1.82) is 0 Å². The van der Waals surface area contributed by atoms with E-state index in [-0.39, 0.29) is 23.7 Å². The fourth-order valence-electron chi connectivity index (χ4n) is 1.70. The first kappa shape index (κ1) is 13.9. The van der Waals surface area contributed by atoms with E-state index in [0.717, 1.165) is 18.3 Å². The summed E-state index contributed by atoms with van der Waals surface area (Å²) in [4.78, 5) is 25.9. The van der Waals surface area contributed by atoms with E-state index in [1.807, 2.05) is 13.8 Å². The molecule has 0 spiro atoms. The summed E-state index contributed by atoms with van der Waals surface area (Å²) >= 11 is 0. The molecule has 0 N–H and O–H groups in total. The van der Waals surface area contributed by atoms with Crippen molar-refractivity contribution in [1.82, 2.24) is 14.7 Å². The van der Waals surface area contributed by atoms with Crippen LogP contribution in [0.2, 0.25) is 0 Å². The molecular weight excluding hydrogens is 264 g/mol. The summed E-state index contributed by atoms with van der Waals surface area (Å²) in [6.07, 6.45) is 1.84. The second-order valence-electron chi connectivity index (χ2n) is 4.81. The van der Waals surface area contributed by atoms with Crippen LogP contribution in [0, 0.1) is 16.0 Å². The van der Waals surface area contributed by atoms with E-state index in [9.17, 15) is 14.9 Å². The molecule has 0 saturated carbocycles. The first-order valence-electron chi connectivity index (χ1n) is 6.12. The molecule has 8 heteroatoms. The van der Waals surface area contributed by atoms with Crippen molar-refractivity contribution in [3.05, 3.63) is 50.5 Å². The van der Waals surface area contributed by atoms with E-state index in [1.54, 1.807) is 0 Å². The standard InChI is InChI=1S/C12H14N4O4/c1-8(2)5-10-13-11(20-14-10)7-15-6-9(16(18)19)3-4-12(15)17/h3-4,6,8H,5,7H2,1-2H3. The highest BCUT2D eigenvalue weighted by molar-refractivity contribution is 5.25. The average Bonchev–Trinajstić information content (AvgIpc) is 2.78. The van der Waals surface area contributed by atoms with Crippen LogP contribution in [0.3, 0.4) is 0 Å². The molecule has 0 aliphatic heterocycles. The number of hydrogen-bond donors (Lipinski definition) is 0. The normalized spacial score (nSPS) is 10.9. The second kappa shape index (κ2) is 5.64. The lowest BCUT2D eigenvalue weighted by Gasteiger charge is -2.00. The van der Waals surface area contributed by atoms with Crippen molar-refractivity contribution < 1.29 is 9.45 Å². The van der Waals surface area contributed by atoms with Gasteiger partial charge in [-0.2, -0.15) is 4.98 Å². The van der Waals surface area contributed by atoms with Gasteiger partial charge in [0.15, 0.2) is 5.82 Å². The van der Waals surface area contributed by atoms with Crippen LogP contribution in [0.25, 0.3) is 0 Å². The Morgan fingerprint density at radius 3 is 2.85 bits per heavy atom. The van der Waals surface area contributed by atoms with Crippen LogP contribution in [-0.4, -0.2) is 19.6 Å². The van der Waals surface area contributed by atoms with Crippen molar-refractivity contribution in [2.75, 3.05) is 0 Å². The van der Waals surface area contributed by atoms with Gasteiger partial charge in [0.25, 0.3) is 11.2 Å². The molecule has 0 atom stereocenters. The zero-order chi connectivity index (χ0) is 14.7. The van der Waals surface area contributed by atoms with Crippen molar-refractivity contribution >= 4 is 5.69 Å². The van der Waals surface area contributed by atoms with Gasteiger partial charge in [-0.3, -0.25) is 19.5 Å². The van der Waals surface area contributed by atoms with Gasteiger partial charge in [-0.1, -0.05) is 19.0 Å². The number of rotatable bonds is 5. The fourth-order valence-corrected chi connectivity index (χ4v) is 1.70. The smallest absolute Gasteiger partial charge is 0.285 e. The Balaban J connectivity index is 2.21. The molecule has 0 unspecified atom stereocenters. The van der Waals surface area contributed by atoms with E-state index < -0.39 is 4.92 Å². The molecule has 8 nitrogen and oxygen atoms in total. The molecule has 2 rings (SSSR count). The van der Waals surface area contributed by atoms with Gasteiger partial charge >= 0.3 is 0 Å². The third-order valence-electron chi connectivity index (χ3n) is 2.59. The maximum Gasteiger partial charge on any atom is 0.285 e. The summed E-state index contributed by atoms with van der Waals surface area (Å²) in [6, 6.07) is 2.31. The van der Waals surface area contributed by atoms with Gasteiger partial charge in [0.1, 0.15) is 6.54 Å². The zero-order valence-electron chi connectivity index (χ0n) is 11.1. The van der Waals surface area contributed by atoms with Crippen LogP contribution in [0.4, 0.5) is 5.69 Å². The van der Waals surface area contributed by atoms with E-state index >= 15 is 0 Å². The van der Waals surface area contributed by atoms with Gasteiger partial charge < -0.3 is 4.52 Å². The first-order valence-corrected chi connectivity index (χ1v) is 6.12. The average molecular weight is 278 g/mol. The second-order valence-corrected chi connectivity index (χ2v) is 4.81. The molecule has 0 aromatic carbocycles. The molecule has 2 heterocycles. The molecule has 0 saturated heterocycles. The molecule has 2 aromatic heterocycles. The Bertz CT molecular complexity index is 674. The zero-order valence-corrected chi connectivity index (χ0v) is 11.1. The number of aromatic nitrogens is 3. The van der Waals surface area contributed by atoms with Crippen LogP contribution >= 0.6 is 0 Å². The quantitative estimate of drug-likeness (QED) is 0.604. The van der Waals surface area contributed by atoms with Gasteiger partial charge in [-0.05, 0) is 5.92 Å². The van der Waals surface area contributed by atoms with E-state index in [0.29, 0.717) is 18.2 Å². The van der Waals surface area contributed by atoms with Crippen LogP contribution in [0.5, 0.6) is 0 Å². The molecule has 0 bridgehead atoms. The Morgan fingerprint density at radius 2 is 2.20 bits per heavy atom. The van der Waals surface area contributed by atoms with E-state index in [4.69, 9.17) is 4.52 Å². The Morgan fingerprint density at radius 1 is 1.45 bits per heavy atom. The van der Waals surface area contributed by atoms with Gasteiger partial charge in [0, 0.05) is 18.6 Å². The molecule has 2 aromatic rings. The molecule has 0 amide bonds. The van der Waals surface area contributed by atoms with Crippen LogP contribution in [0.15, 0.2) is 27.6 Å². The van der Waals surface area contributed by atoms with Crippen molar-refractivity contribution in [3.63, 3.8) is 0 Å². The van der Waals surface area contributed by atoms with Crippen molar-refractivity contribution in [2.45, 2.75) is 26.8 Å². The number of hydrogen-bond acceptors (Lipinski definition) is 6. The summed E-state index contributed by atoms with van der Waals surface area (Å²) in [6.45, 7) is 4.08. The highest BCUT2D eigenvalue weighted by Gasteiger charge is 2.12. The minimum atomic E-state index is -0.562. The monoisotopic (exact) mass is 278 g/mol. The maximum absolute atomic E-state index is 11.6. The van der Waals surface area contributed by atoms with Gasteiger partial charge in [-0.15, -0.1) is 0 Å². The predicted octanol–water partition coefficient (Wildman–Crippen LogP) is 1.39. The lowest BCUT2D eigenvalue weighted by molar-refractivity contribution is -0.385. The maximum atomic E-state index is 11.6. The summed E-state index contributed by atoms with van der Waals surface area (Å²) in [5.41, 5.74) is -0.522. The number of nitrogens with zero attached hydrogens (tertiary/aromatic N) is 4. The van der Waals surface area contributed by atoms with E-state index in [2.05, 4.69) is 10.1 Å². The summed E-state index contributed by atoms with van der Waals surface area (Å²) in [5, 5.41) is 14.5. The molecule has 0 aliphatic rings. The van der Waals surface area contributed by atoms with Crippen LogP contribution in [-0.2, 0) is 13.0 Å². The Hall–Kier alpha value is -2.51. The SMILES string of the molecule is CC(C)Cc1noc(Cn2cc([N+](=O)[O-])ccc2=O)n1. The van der Waals surface area contributed by atoms with Gasteiger partial charge in [0.05, 0.1) is 11.1 Å². The summed E-state index contributed by atoms with van der Waals surface area (Å²) < 4.78 is 6.21. The molecule has 0 radical (unpaired) electrons. The predicted molar refractivity (Wildman–Crippen MR) is 69.3 cm³/mol. The Kier molecular flexibility index (Phi) is 3.92. The summed E-state index contributed by atoms with van der Waals surface area (Å²) in [5.74, 6) is 1.21. The number of nitro groups is 1. The van der Waals surface area contributed by atoms with E-state index in [1.165, 1.54) is 4.57 Å². The minimum Gasteiger partial charge on any atom is -0.337 e. The highest BCUT2D eigenvalue weighted by atomic mass is 16.6. The Labute approximate surface area is 114 Å². The number of pyridine rings is 1. The van der Waals surface area contributed by atoms with Gasteiger partial charge in [-0.25, -0.2) is 0 Å². The van der Waals surface area contributed by atoms with Crippen molar-refractivity contribution in [3.8, 4) is 0 Å². The third-order valence-corrected chi connectivity index (χ3v) is 2.59. The topological polar surface area (TPSA) is 104 Å². The lowest BCUT2D eigenvalue weighted by atomic mass is 10.1. The largest absolute Gasteiger partial charge is 0.337 e. The molecule has 106 valence electrons. The lowest BCUT2D eigenvalue weighted by Crippen LogP contribution is -2.19. The molecule has 0 aliphatic carbocycles. The highest BCUT2D eigenvalue weighted by Crippen LogP contribution is 2.09.